The van der Waals surface area contributed by atoms with E-state index in [1.165, 1.54) is 0 Å². The summed E-state index contributed by atoms with van der Waals surface area (Å²) in [6.45, 7) is 6.22. The van der Waals surface area contributed by atoms with E-state index in [9.17, 15) is 0 Å². The summed E-state index contributed by atoms with van der Waals surface area (Å²) in [5, 5.41) is 3.37. The maximum atomic E-state index is 4.49. The summed E-state index contributed by atoms with van der Waals surface area (Å²) in [6, 6.07) is 0.378. The van der Waals surface area contributed by atoms with Gasteiger partial charge in [0.05, 0.1) is 11.7 Å². The first-order valence-electron chi connectivity index (χ1n) is 4.16. The number of hydrogen-bond donors (Lipinski definition) is 1. The second kappa shape index (κ2) is 5.35. The topological polar surface area (TPSA) is 29.9 Å². The van der Waals surface area contributed by atoms with Gasteiger partial charge in [-0.15, -0.1) is 24.8 Å². The van der Waals surface area contributed by atoms with Crippen LogP contribution in [0.25, 0.3) is 0 Å². The Morgan fingerprint density at radius 3 is 2.71 bits per heavy atom. The molecule has 0 saturated carbocycles. The summed E-state index contributed by atoms with van der Waals surface area (Å²) >= 11 is 3.54. The molecule has 1 atom stereocenters. The third-order valence-electron chi connectivity index (χ3n) is 2.27. The van der Waals surface area contributed by atoms with Crippen LogP contribution in [0.3, 0.4) is 0 Å². The van der Waals surface area contributed by atoms with E-state index in [1.807, 2.05) is 6.92 Å². The first-order valence-corrected chi connectivity index (χ1v) is 4.95. The quantitative estimate of drug-likeness (QED) is 0.798. The van der Waals surface area contributed by atoms with Gasteiger partial charge in [-0.25, -0.2) is 4.98 Å². The van der Waals surface area contributed by atoms with E-state index >= 15 is 0 Å². The molecule has 1 unspecified atom stereocenters. The van der Waals surface area contributed by atoms with Gasteiger partial charge in [0.2, 0.25) is 0 Å². The van der Waals surface area contributed by atoms with Gasteiger partial charge in [-0.05, 0) is 29.8 Å². The zero-order chi connectivity index (χ0) is 8.72. The molecule has 14 heavy (non-hydrogen) atoms. The maximum Gasteiger partial charge on any atom is 0.126 e. The van der Waals surface area contributed by atoms with Gasteiger partial charge in [0.25, 0.3) is 0 Å². The van der Waals surface area contributed by atoms with Crippen molar-refractivity contribution in [1.82, 2.24) is 14.9 Å². The van der Waals surface area contributed by atoms with Gasteiger partial charge in [0, 0.05) is 13.1 Å². The smallest absolute Gasteiger partial charge is 0.126 e. The Hall–Kier alpha value is 0.230. The van der Waals surface area contributed by atoms with E-state index in [1.54, 1.807) is 0 Å². The fraction of sp³-hybridized carbons (Fsp3) is 0.625. The number of nitrogens with zero attached hydrogens (tertiary/aromatic N) is 2. The Morgan fingerprint density at radius 2 is 2.14 bits per heavy atom. The van der Waals surface area contributed by atoms with Gasteiger partial charge in [-0.3, -0.25) is 0 Å². The molecule has 0 fully saturated rings. The van der Waals surface area contributed by atoms with E-state index in [0.29, 0.717) is 6.04 Å². The van der Waals surface area contributed by atoms with Crippen LogP contribution in [-0.2, 0) is 6.54 Å². The molecule has 0 spiro atoms. The molecule has 1 aromatic heterocycles. The highest BCUT2D eigenvalue weighted by Crippen LogP contribution is 2.24. The number of imidazole rings is 1. The molecule has 1 aliphatic rings. The molecule has 0 bridgehead atoms. The number of halogens is 3. The Morgan fingerprint density at radius 1 is 1.50 bits per heavy atom. The summed E-state index contributed by atoms with van der Waals surface area (Å²) < 4.78 is 3.36. The van der Waals surface area contributed by atoms with E-state index < -0.39 is 0 Å². The average Bonchev–Trinajstić information content (AvgIpc) is 2.32. The highest BCUT2D eigenvalue weighted by Gasteiger charge is 2.20. The summed E-state index contributed by atoms with van der Waals surface area (Å²) in [5.41, 5.74) is 1.08. The van der Waals surface area contributed by atoms with E-state index in [2.05, 4.69) is 37.7 Å². The molecule has 3 nitrogen and oxygen atoms in total. The van der Waals surface area contributed by atoms with Crippen molar-refractivity contribution in [3.8, 4) is 0 Å². The van der Waals surface area contributed by atoms with E-state index in [4.69, 9.17) is 0 Å². The predicted octanol–water partition coefficient (Wildman–Crippen LogP) is 2.46. The molecule has 0 aliphatic carbocycles. The van der Waals surface area contributed by atoms with Crippen LogP contribution < -0.4 is 5.32 Å². The van der Waals surface area contributed by atoms with Crippen LogP contribution in [-0.4, -0.2) is 16.1 Å². The van der Waals surface area contributed by atoms with Crippen molar-refractivity contribution in [3.63, 3.8) is 0 Å². The molecule has 1 N–H and O–H groups in total. The lowest BCUT2D eigenvalue weighted by Gasteiger charge is -2.21. The van der Waals surface area contributed by atoms with E-state index in [-0.39, 0.29) is 24.8 Å². The van der Waals surface area contributed by atoms with Gasteiger partial charge >= 0.3 is 0 Å². The molecule has 1 aliphatic heterocycles. The molecule has 0 radical (unpaired) electrons. The van der Waals surface area contributed by atoms with Crippen molar-refractivity contribution < 1.29 is 0 Å². The van der Waals surface area contributed by atoms with Crippen LogP contribution in [0.5, 0.6) is 0 Å². The van der Waals surface area contributed by atoms with Gasteiger partial charge < -0.3 is 9.88 Å². The number of fused-ring (bicyclic) bond motifs is 1. The molecule has 0 saturated heterocycles. The SMILES string of the molecule is Cc1nc2n(c1Br)CCNC2C.Cl.Cl. The standard InChI is InChI=1S/C8H12BrN3.2ClH/c1-5-7(9)12-4-3-10-6(2)8(12)11-5;;/h6,10H,3-4H2,1-2H3;2*1H. The van der Waals surface area contributed by atoms with E-state index in [0.717, 1.165) is 29.2 Å². The Balaban J connectivity index is 0.000000845. The first-order chi connectivity index (χ1) is 5.70. The molecule has 82 valence electrons. The fourth-order valence-corrected chi connectivity index (χ4v) is 2.05. The molecule has 6 heteroatoms. The van der Waals surface area contributed by atoms with Crippen LogP contribution in [0.4, 0.5) is 0 Å². The van der Waals surface area contributed by atoms with Crippen LogP contribution in [0.15, 0.2) is 4.60 Å². The van der Waals surface area contributed by atoms with Crippen molar-refractivity contribution >= 4 is 40.7 Å². The monoisotopic (exact) mass is 301 g/mol. The highest BCUT2D eigenvalue weighted by molar-refractivity contribution is 9.10. The van der Waals surface area contributed by atoms with Gasteiger partial charge in [-0.1, -0.05) is 0 Å². The third-order valence-corrected chi connectivity index (χ3v) is 3.27. The number of aryl methyl sites for hydroxylation is 1. The van der Waals surface area contributed by atoms with Crippen molar-refractivity contribution in [2.45, 2.75) is 26.4 Å². The summed E-state index contributed by atoms with van der Waals surface area (Å²) in [7, 11) is 0. The molecule has 2 heterocycles. The summed E-state index contributed by atoms with van der Waals surface area (Å²) in [6.07, 6.45) is 0. The zero-order valence-electron chi connectivity index (χ0n) is 8.08. The molecule has 1 aromatic rings. The van der Waals surface area contributed by atoms with Crippen molar-refractivity contribution in [3.05, 3.63) is 16.1 Å². The van der Waals surface area contributed by atoms with Crippen LogP contribution >= 0.6 is 40.7 Å². The molecule has 2 rings (SSSR count). The van der Waals surface area contributed by atoms with Gasteiger partial charge in [-0.2, -0.15) is 0 Å². The number of rotatable bonds is 0. The lowest BCUT2D eigenvalue weighted by molar-refractivity contribution is 0.433. The lowest BCUT2D eigenvalue weighted by Crippen LogP contribution is -2.31. The third kappa shape index (κ3) is 2.24. The number of hydrogen-bond acceptors (Lipinski definition) is 2. The average molecular weight is 303 g/mol. The molecule has 0 aromatic carbocycles. The highest BCUT2D eigenvalue weighted by atomic mass is 79.9. The van der Waals surface area contributed by atoms with Gasteiger partial charge in [0.15, 0.2) is 0 Å². The largest absolute Gasteiger partial charge is 0.320 e. The van der Waals surface area contributed by atoms with Crippen molar-refractivity contribution in [1.29, 1.82) is 0 Å². The molecular formula is C8H14BrCl2N3. The number of aromatic nitrogens is 2. The van der Waals surface area contributed by atoms with Crippen LogP contribution in [0, 0.1) is 6.92 Å². The van der Waals surface area contributed by atoms with Gasteiger partial charge in [0.1, 0.15) is 10.4 Å². The van der Waals surface area contributed by atoms with Crippen molar-refractivity contribution in [2.24, 2.45) is 0 Å². The summed E-state index contributed by atoms with van der Waals surface area (Å²) in [4.78, 5) is 4.49. The maximum absolute atomic E-state index is 4.49. The summed E-state index contributed by atoms with van der Waals surface area (Å²) in [5.74, 6) is 1.14. The fourth-order valence-electron chi connectivity index (χ4n) is 1.60. The second-order valence-corrected chi connectivity index (χ2v) is 3.92. The van der Waals surface area contributed by atoms with Crippen molar-refractivity contribution in [2.75, 3.05) is 6.54 Å². The normalized spacial score (nSPS) is 19.2. The predicted molar refractivity (Wildman–Crippen MR) is 65.6 cm³/mol. The second-order valence-electron chi connectivity index (χ2n) is 3.17. The Kier molecular flexibility index (Phi) is 5.44. The Bertz CT molecular complexity index is 314. The number of nitrogens with one attached hydrogen (secondary N) is 1. The minimum atomic E-state index is 0. The lowest BCUT2D eigenvalue weighted by atomic mass is 10.2. The first kappa shape index (κ1) is 14.2. The Labute approximate surface area is 105 Å². The van der Waals surface area contributed by atoms with Crippen LogP contribution in [0.1, 0.15) is 24.5 Å². The zero-order valence-corrected chi connectivity index (χ0v) is 11.3. The molecular weight excluding hydrogens is 289 g/mol. The minimum Gasteiger partial charge on any atom is -0.320 e. The van der Waals surface area contributed by atoms with Crippen LogP contribution in [0.2, 0.25) is 0 Å². The molecule has 0 amide bonds. The minimum absolute atomic E-state index is 0.